The lowest BCUT2D eigenvalue weighted by Crippen LogP contribution is -2.38. The molecule has 1 atom stereocenters. The molecule has 0 heterocycles. The van der Waals surface area contributed by atoms with Crippen LogP contribution in [0.1, 0.15) is 45.6 Å². The van der Waals surface area contributed by atoms with Crippen LogP contribution in [0.15, 0.2) is 24.3 Å². The SMILES string of the molecule is CCCNC(Cc1ccc(I)cc1)C(CC)CC. The van der Waals surface area contributed by atoms with Crippen LogP contribution in [0.2, 0.25) is 0 Å². The van der Waals surface area contributed by atoms with Gasteiger partial charge in [0, 0.05) is 9.61 Å². The van der Waals surface area contributed by atoms with Crippen molar-refractivity contribution in [1.82, 2.24) is 5.32 Å². The predicted molar refractivity (Wildman–Crippen MR) is 89.0 cm³/mol. The van der Waals surface area contributed by atoms with Crippen LogP contribution in [0, 0.1) is 9.49 Å². The number of hydrogen-bond acceptors (Lipinski definition) is 1. The van der Waals surface area contributed by atoms with Gasteiger partial charge in [-0.3, -0.25) is 0 Å². The van der Waals surface area contributed by atoms with Crippen LogP contribution in [-0.4, -0.2) is 12.6 Å². The summed E-state index contributed by atoms with van der Waals surface area (Å²) in [5.74, 6) is 0.788. The second-order valence-electron chi connectivity index (χ2n) is 4.97. The minimum Gasteiger partial charge on any atom is -0.313 e. The number of nitrogens with one attached hydrogen (secondary N) is 1. The molecule has 102 valence electrons. The smallest absolute Gasteiger partial charge is 0.0135 e. The van der Waals surface area contributed by atoms with E-state index in [0.717, 1.165) is 18.9 Å². The first-order valence-corrected chi connectivity index (χ1v) is 8.26. The van der Waals surface area contributed by atoms with E-state index in [9.17, 15) is 0 Å². The van der Waals surface area contributed by atoms with E-state index in [2.05, 4.69) is 72.9 Å². The summed E-state index contributed by atoms with van der Waals surface area (Å²) in [6.07, 6.45) is 4.90. The maximum atomic E-state index is 3.73. The van der Waals surface area contributed by atoms with Crippen LogP contribution >= 0.6 is 22.6 Å². The van der Waals surface area contributed by atoms with Crippen LogP contribution in [0.5, 0.6) is 0 Å². The first kappa shape index (κ1) is 16.0. The first-order valence-electron chi connectivity index (χ1n) is 7.19. The molecule has 18 heavy (non-hydrogen) atoms. The Hall–Kier alpha value is -0.0900. The molecule has 1 aromatic carbocycles. The van der Waals surface area contributed by atoms with Crippen molar-refractivity contribution < 1.29 is 0 Å². The third-order valence-electron chi connectivity index (χ3n) is 3.64. The van der Waals surface area contributed by atoms with Gasteiger partial charge in [0.15, 0.2) is 0 Å². The summed E-state index contributed by atoms with van der Waals surface area (Å²) in [5.41, 5.74) is 1.45. The summed E-state index contributed by atoms with van der Waals surface area (Å²) in [4.78, 5) is 0. The van der Waals surface area contributed by atoms with Crippen LogP contribution in [-0.2, 0) is 6.42 Å². The number of benzene rings is 1. The maximum Gasteiger partial charge on any atom is 0.0135 e. The normalized spacial score (nSPS) is 12.9. The zero-order valence-corrected chi connectivity index (χ0v) is 14.0. The Morgan fingerprint density at radius 2 is 1.67 bits per heavy atom. The van der Waals surface area contributed by atoms with Crippen molar-refractivity contribution in [2.45, 2.75) is 52.5 Å². The van der Waals surface area contributed by atoms with Crippen molar-refractivity contribution in [1.29, 1.82) is 0 Å². The van der Waals surface area contributed by atoms with E-state index in [4.69, 9.17) is 0 Å². The summed E-state index contributed by atoms with van der Waals surface area (Å²) in [5, 5.41) is 3.73. The molecule has 0 aliphatic rings. The van der Waals surface area contributed by atoms with Gasteiger partial charge in [-0.1, -0.05) is 45.7 Å². The predicted octanol–water partition coefficient (Wildman–Crippen LogP) is 4.64. The van der Waals surface area contributed by atoms with Crippen molar-refractivity contribution >= 4 is 22.6 Å². The van der Waals surface area contributed by atoms with Crippen molar-refractivity contribution in [2.75, 3.05) is 6.54 Å². The van der Waals surface area contributed by atoms with E-state index >= 15 is 0 Å². The highest BCUT2D eigenvalue weighted by Gasteiger charge is 2.17. The first-order chi connectivity index (χ1) is 8.71. The third-order valence-corrected chi connectivity index (χ3v) is 4.36. The molecule has 0 aliphatic carbocycles. The molecule has 0 bridgehead atoms. The molecule has 0 saturated carbocycles. The van der Waals surface area contributed by atoms with Gasteiger partial charge in [0.1, 0.15) is 0 Å². The molecule has 0 radical (unpaired) electrons. The molecule has 2 heteroatoms. The molecule has 1 rings (SSSR count). The molecule has 0 spiro atoms. The van der Waals surface area contributed by atoms with Gasteiger partial charge >= 0.3 is 0 Å². The fourth-order valence-electron chi connectivity index (χ4n) is 2.47. The van der Waals surface area contributed by atoms with E-state index in [0.29, 0.717) is 6.04 Å². The highest BCUT2D eigenvalue weighted by Crippen LogP contribution is 2.18. The van der Waals surface area contributed by atoms with Crippen molar-refractivity contribution in [3.8, 4) is 0 Å². The molecule has 0 aliphatic heterocycles. The van der Waals surface area contributed by atoms with E-state index in [-0.39, 0.29) is 0 Å². The minimum absolute atomic E-state index is 0.625. The summed E-state index contributed by atoms with van der Waals surface area (Å²) >= 11 is 2.37. The second kappa shape index (κ2) is 8.92. The Labute approximate surface area is 126 Å². The highest BCUT2D eigenvalue weighted by molar-refractivity contribution is 14.1. The van der Waals surface area contributed by atoms with Gasteiger partial charge in [0.05, 0.1) is 0 Å². The average molecular weight is 359 g/mol. The standard InChI is InChI=1S/C16H26IN/c1-4-11-18-16(14(5-2)6-3)12-13-7-9-15(17)10-8-13/h7-10,14,16,18H,4-6,11-12H2,1-3H3. The summed E-state index contributed by atoms with van der Waals surface area (Å²) in [6.45, 7) is 7.98. The molecular formula is C16H26IN. The van der Waals surface area contributed by atoms with Crippen molar-refractivity contribution in [3.05, 3.63) is 33.4 Å². The fourth-order valence-corrected chi connectivity index (χ4v) is 2.83. The minimum atomic E-state index is 0.625. The van der Waals surface area contributed by atoms with Crippen LogP contribution in [0.25, 0.3) is 0 Å². The van der Waals surface area contributed by atoms with Gasteiger partial charge < -0.3 is 5.32 Å². The molecular weight excluding hydrogens is 333 g/mol. The maximum absolute atomic E-state index is 3.73. The molecule has 1 unspecified atom stereocenters. The van der Waals surface area contributed by atoms with Gasteiger partial charge in [-0.2, -0.15) is 0 Å². The average Bonchev–Trinajstić information content (AvgIpc) is 2.39. The highest BCUT2D eigenvalue weighted by atomic mass is 127. The largest absolute Gasteiger partial charge is 0.313 e. The van der Waals surface area contributed by atoms with E-state index < -0.39 is 0 Å². The lowest BCUT2D eigenvalue weighted by molar-refractivity contribution is 0.332. The molecule has 0 saturated heterocycles. The molecule has 0 fully saturated rings. The quantitative estimate of drug-likeness (QED) is 0.667. The van der Waals surface area contributed by atoms with Crippen molar-refractivity contribution in [2.24, 2.45) is 5.92 Å². The van der Waals surface area contributed by atoms with Gasteiger partial charge in [-0.15, -0.1) is 0 Å². The molecule has 1 aromatic rings. The van der Waals surface area contributed by atoms with Gasteiger partial charge in [0.25, 0.3) is 0 Å². The van der Waals surface area contributed by atoms with Crippen LogP contribution in [0.4, 0.5) is 0 Å². The van der Waals surface area contributed by atoms with E-state index in [1.165, 1.54) is 28.4 Å². The number of halogens is 1. The second-order valence-corrected chi connectivity index (χ2v) is 6.21. The number of rotatable bonds is 8. The zero-order valence-electron chi connectivity index (χ0n) is 11.9. The Morgan fingerprint density at radius 3 is 2.17 bits per heavy atom. The molecule has 1 N–H and O–H groups in total. The van der Waals surface area contributed by atoms with Crippen LogP contribution < -0.4 is 5.32 Å². The monoisotopic (exact) mass is 359 g/mol. The lowest BCUT2D eigenvalue weighted by Gasteiger charge is -2.26. The third kappa shape index (κ3) is 5.27. The Kier molecular flexibility index (Phi) is 7.91. The van der Waals surface area contributed by atoms with Crippen LogP contribution in [0.3, 0.4) is 0 Å². The van der Waals surface area contributed by atoms with Crippen molar-refractivity contribution in [3.63, 3.8) is 0 Å². The van der Waals surface area contributed by atoms with Gasteiger partial charge in [-0.25, -0.2) is 0 Å². The Morgan fingerprint density at radius 1 is 1.06 bits per heavy atom. The Balaban J connectivity index is 2.67. The van der Waals surface area contributed by atoms with Gasteiger partial charge in [0.2, 0.25) is 0 Å². The molecule has 0 aromatic heterocycles. The summed E-state index contributed by atoms with van der Waals surface area (Å²) < 4.78 is 1.32. The Bertz CT molecular complexity index is 316. The van der Waals surface area contributed by atoms with Gasteiger partial charge in [-0.05, 0) is 65.6 Å². The van der Waals surface area contributed by atoms with E-state index in [1.807, 2.05) is 0 Å². The lowest BCUT2D eigenvalue weighted by atomic mass is 9.89. The number of hydrogen-bond donors (Lipinski definition) is 1. The fraction of sp³-hybridized carbons (Fsp3) is 0.625. The molecule has 0 amide bonds. The van der Waals surface area contributed by atoms with E-state index in [1.54, 1.807) is 0 Å². The summed E-state index contributed by atoms with van der Waals surface area (Å²) in [6, 6.07) is 9.58. The summed E-state index contributed by atoms with van der Waals surface area (Å²) in [7, 11) is 0. The topological polar surface area (TPSA) is 12.0 Å². The molecule has 1 nitrogen and oxygen atoms in total. The zero-order chi connectivity index (χ0) is 13.4.